The fourth-order valence-corrected chi connectivity index (χ4v) is 1.29. The van der Waals surface area contributed by atoms with Crippen LogP contribution in [-0.4, -0.2) is 22.1 Å². The summed E-state index contributed by atoms with van der Waals surface area (Å²) in [6, 6.07) is 4.65. The number of phenols is 1. The normalized spacial score (nSPS) is 12.5. The first-order valence-electron chi connectivity index (χ1n) is 4.51. The summed E-state index contributed by atoms with van der Waals surface area (Å²) in [6.07, 6.45) is -0.561. The van der Waals surface area contributed by atoms with Crippen molar-refractivity contribution >= 4 is 5.78 Å². The third kappa shape index (κ3) is 2.57. The summed E-state index contributed by atoms with van der Waals surface area (Å²) in [5.74, 6) is -0.0713. The zero-order valence-corrected chi connectivity index (χ0v) is 8.32. The van der Waals surface area contributed by atoms with Crippen LogP contribution in [0.2, 0.25) is 0 Å². The summed E-state index contributed by atoms with van der Waals surface area (Å²) in [5, 5.41) is 18.3. The fourth-order valence-electron chi connectivity index (χ4n) is 1.29. The summed E-state index contributed by atoms with van der Waals surface area (Å²) in [6.45, 7) is 3.37. The summed E-state index contributed by atoms with van der Waals surface area (Å²) in [5.41, 5.74) is 1.29. The molecule has 1 rings (SSSR count). The molecule has 3 nitrogen and oxygen atoms in total. The molecule has 0 aliphatic carbocycles. The van der Waals surface area contributed by atoms with Gasteiger partial charge in [-0.3, -0.25) is 4.79 Å². The number of aliphatic hydroxyl groups is 1. The van der Waals surface area contributed by atoms with Gasteiger partial charge in [-0.25, -0.2) is 0 Å². The van der Waals surface area contributed by atoms with Crippen LogP contribution in [0.5, 0.6) is 5.75 Å². The third-order valence-corrected chi connectivity index (χ3v) is 2.00. The lowest BCUT2D eigenvalue weighted by Gasteiger charge is -2.06. The molecule has 0 saturated carbocycles. The van der Waals surface area contributed by atoms with Gasteiger partial charge in [0.25, 0.3) is 0 Å². The molecule has 0 aromatic heterocycles. The molecule has 0 amide bonds. The van der Waals surface area contributed by atoms with E-state index in [1.54, 1.807) is 19.9 Å². The van der Waals surface area contributed by atoms with Gasteiger partial charge in [0.05, 0.1) is 6.10 Å². The van der Waals surface area contributed by atoms with Gasteiger partial charge < -0.3 is 10.2 Å². The van der Waals surface area contributed by atoms with Gasteiger partial charge in [-0.1, -0.05) is 6.07 Å². The van der Waals surface area contributed by atoms with Crippen molar-refractivity contribution in [2.45, 2.75) is 26.4 Å². The lowest BCUT2D eigenvalue weighted by atomic mass is 10.0. The van der Waals surface area contributed by atoms with E-state index in [-0.39, 0.29) is 18.0 Å². The summed E-state index contributed by atoms with van der Waals surface area (Å²) in [4.78, 5) is 11.6. The van der Waals surface area contributed by atoms with E-state index in [4.69, 9.17) is 5.11 Å². The zero-order valence-electron chi connectivity index (χ0n) is 8.32. The van der Waals surface area contributed by atoms with Crippen molar-refractivity contribution in [3.05, 3.63) is 29.3 Å². The van der Waals surface area contributed by atoms with Crippen molar-refractivity contribution in [2.24, 2.45) is 0 Å². The summed E-state index contributed by atoms with van der Waals surface area (Å²) < 4.78 is 0. The van der Waals surface area contributed by atoms with E-state index in [2.05, 4.69) is 0 Å². The second kappa shape index (κ2) is 4.24. The number of hydrogen-bond donors (Lipinski definition) is 2. The minimum absolute atomic E-state index is 0.0737. The van der Waals surface area contributed by atoms with Gasteiger partial charge in [0.1, 0.15) is 5.75 Å². The lowest BCUT2D eigenvalue weighted by molar-refractivity contribution is 0.0900. The van der Waals surface area contributed by atoms with Gasteiger partial charge in [0.15, 0.2) is 5.78 Å². The molecule has 1 aromatic carbocycles. The van der Waals surface area contributed by atoms with Gasteiger partial charge in [-0.05, 0) is 31.5 Å². The van der Waals surface area contributed by atoms with E-state index in [0.29, 0.717) is 5.56 Å². The molecule has 0 aliphatic rings. The average Bonchev–Trinajstić information content (AvgIpc) is 2.08. The van der Waals surface area contributed by atoms with Gasteiger partial charge in [0, 0.05) is 12.0 Å². The third-order valence-electron chi connectivity index (χ3n) is 2.00. The Morgan fingerprint density at radius 3 is 2.71 bits per heavy atom. The first kappa shape index (κ1) is 10.7. The Bertz CT molecular complexity index is 342. The fraction of sp³-hybridized carbons (Fsp3) is 0.364. The molecule has 0 heterocycles. The first-order chi connectivity index (χ1) is 6.50. The van der Waals surface area contributed by atoms with Crippen LogP contribution in [0, 0.1) is 6.92 Å². The van der Waals surface area contributed by atoms with E-state index in [1.807, 2.05) is 0 Å². The number of carbonyl (C=O) groups is 1. The number of Topliss-reactive ketones (excluding diaryl/α,β-unsaturated/α-hetero) is 1. The number of phenolic OH excluding ortho intramolecular Hbond substituents is 1. The second-order valence-corrected chi connectivity index (χ2v) is 3.48. The molecule has 0 aliphatic heterocycles. The highest BCUT2D eigenvalue weighted by atomic mass is 16.3. The van der Waals surface area contributed by atoms with Crippen molar-refractivity contribution in [3.8, 4) is 5.75 Å². The van der Waals surface area contributed by atoms with E-state index in [9.17, 15) is 9.90 Å². The Morgan fingerprint density at radius 2 is 2.14 bits per heavy atom. The quantitative estimate of drug-likeness (QED) is 0.719. The van der Waals surface area contributed by atoms with Crippen molar-refractivity contribution < 1.29 is 15.0 Å². The van der Waals surface area contributed by atoms with Gasteiger partial charge in [-0.2, -0.15) is 0 Å². The number of rotatable bonds is 3. The molecule has 14 heavy (non-hydrogen) atoms. The number of carbonyl (C=O) groups excluding carboxylic acids is 1. The van der Waals surface area contributed by atoms with Crippen molar-refractivity contribution in [2.75, 3.05) is 0 Å². The maximum absolute atomic E-state index is 11.6. The predicted molar refractivity (Wildman–Crippen MR) is 53.5 cm³/mol. The molecule has 0 radical (unpaired) electrons. The molecule has 2 N–H and O–H groups in total. The SMILES string of the molecule is Cc1ccc(O)cc1C(=O)CC(C)O. The molecule has 1 unspecified atom stereocenters. The van der Waals surface area contributed by atoms with Gasteiger partial charge >= 0.3 is 0 Å². The molecule has 0 spiro atoms. The molecule has 0 saturated heterocycles. The largest absolute Gasteiger partial charge is 0.508 e. The molecule has 0 bridgehead atoms. The number of benzene rings is 1. The maximum atomic E-state index is 11.6. The Morgan fingerprint density at radius 1 is 1.50 bits per heavy atom. The van der Waals surface area contributed by atoms with Crippen LogP contribution in [0.1, 0.15) is 29.3 Å². The summed E-state index contributed by atoms with van der Waals surface area (Å²) >= 11 is 0. The Labute approximate surface area is 83.0 Å². The molecular weight excluding hydrogens is 180 g/mol. The molecule has 1 aromatic rings. The van der Waals surface area contributed by atoms with E-state index >= 15 is 0 Å². The van der Waals surface area contributed by atoms with Crippen LogP contribution < -0.4 is 0 Å². The minimum atomic E-state index is -0.649. The Kier molecular flexibility index (Phi) is 3.25. The van der Waals surface area contributed by atoms with Gasteiger partial charge in [-0.15, -0.1) is 0 Å². The standard InChI is InChI=1S/C11H14O3/c1-7-3-4-9(13)6-10(7)11(14)5-8(2)12/h3-4,6,8,12-13H,5H2,1-2H3. The highest BCUT2D eigenvalue weighted by Gasteiger charge is 2.12. The van der Waals surface area contributed by atoms with E-state index in [0.717, 1.165) is 5.56 Å². The van der Waals surface area contributed by atoms with Crippen LogP contribution in [-0.2, 0) is 0 Å². The highest BCUT2D eigenvalue weighted by Crippen LogP contribution is 2.17. The number of aliphatic hydroxyl groups excluding tert-OH is 1. The number of aromatic hydroxyl groups is 1. The Hall–Kier alpha value is -1.35. The molecular formula is C11H14O3. The maximum Gasteiger partial charge on any atom is 0.165 e. The lowest BCUT2D eigenvalue weighted by Crippen LogP contribution is -2.10. The van der Waals surface area contributed by atoms with Gasteiger partial charge in [0.2, 0.25) is 0 Å². The van der Waals surface area contributed by atoms with E-state index < -0.39 is 6.10 Å². The second-order valence-electron chi connectivity index (χ2n) is 3.48. The smallest absolute Gasteiger partial charge is 0.165 e. The van der Waals surface area contributed by atoms with Crippen LogP contribution in [0.4, 0.5) is 0 Å². The zero-order chi connectivity index (χ0) is 10.7. The average molecular weight is 194 g/mol. The summed E-state index contributed by atoms with van der Waals surface area (Å²) in [7, 11) is 0. The highest BCUT2D eigenvalue weighted by molar-refractivity contribution is 5.98. The molecule has 3 heteroatoms. The van der Waals surface area contributed by atoms with Crippen LogP contribution in [0.25, 0.3) is 0 Å². The van der Waals surface area contributed by atoms with Crippen molar-refractivity contribution in [1.29, 1.82) is 0 Å². The molecule has 76 valence electrons. The topological polar surface area (TPSA) is 57.5 Å². The van der Waals surface area contributed by atoms with Crippen molar-refractivity contribution in [3.63, 3.8) is 0 Å². The predicted octanol–water partition coefficient (Wildman–Crippen LogP) is 1.65. The Balaban J connectivity index is 2.94. The van der Waals surface area contributed by atoms with Crippen LogP contribution >= 0.6 is 0 Å². The molecule has 1 atom stereocenters. The first-order valence-corrected chi connectivity index (χ1v) is 4.51. The molecule has 0 fully saturated rings. The number of aryl methyl sites for hydroxylation is 1. The number of hydrogen-bond acceptors (Lipinski definition) is 3. The van der Waals surface area contributed by atoms with Crippen LogP contribution in [0.15, 0.2) is 18.2 Å². The van der Waals surface area contributed by atoms with E-state index in [1.165, 1.54) is 12.1 Å². The number of ketones is 1. The minimum Gasteiger partial charge on any atom is -0.508 e. The van der Waals surface area contributed by atoms with Crippen molar-refractivity contribution in [1.82, 2.24) is 0 Å². The van der Waals surface area contributed by atoms with Crippen LogP contribution in [0.3, 0.4) is 0 Å². The monoisotopic (exact) mass is 194 g/mol.